The number of fused-ring (bicyclic) bond motifs is 2. The number of nitrogens with zero attached hydrogens (tertiary/aromatic N) is 4. The van der Waals surface area contributed by atoms with E-state index in [0.717, 1.165) is 34.9 Å². The van der Waals surface area contributed by atoms with Gasteiger partial charge in [0.1, 0.15) is 5.60 Å². The monoisotopic (exact) mass is 493 g/mol. The molecule has 0 radical (unpaired) electrons. The van der Waals surface area contributed by atoms with Crippen LogP contribution in [0.4, 0.5) is 0 Å². The molecular weight excluding hydrogens is 470 g/mol. The summed E-state index contributed by atoms with van der Waals surface area (Å²) >= 11 is 3.46. The SMILES string of the molecule is CO[C@]12C[C@@](C)(c3nnc(-c4cncc(Br)c4)o3)CN(C)[C@@H]1Cc1c[nH]c3cccc2c13. The topological polar surface area (TPSA) is 80.1 Å². The van der Waals surface area contributed by atoms with E-state index in [1.165, 1.54) is 16.5 Å². The molecule has 1 aliphatic heterocycles. The van der Waals surface area contributed by atoms with E-state index in [2.05, 4.69) is 79.4 Å². The number of ether oxygens (including phenoxy) is 1. The van der Waals surface area contributed by atoms with Crippen LogP contribution in [0.2, 0.25) is 0 Å². The second-order valence-corrected chi connectivity index (χ2v) is 10.2. The summed E-state index contributed by atoms with van der Waals surface area (Å²) < 4.78 is 13.5. The van der Waals surface area contributed by atoms with Crippen LogP contribution in [0.1, 0.15) is 30.4 Å². The van der Waals surface area contributed by atoms with Crippen LogP contribution in [0, 0.1) is 0 Å². The molecule has 3 aromatic heterocycles. The van der Waals surface area contributed by atoms with Crippen LogP contribution >= 0.6 is 15.9 Å². The number of halogens is 1. The average molecular weight is 494 g/mol. The fourth-order valence-electron chi connectivity index (χ4n) is 5.92. The van der Waals surface area contributed by atoms with E-state index in [4.69, 9.17) is 9.15 Å². The van der Waals surface area contributed by atoms with Gasteiger partial charge in [-0.1, -0.05) is 12.1 Å². The number of benzene rings is 1. The Labute approximate surface area is 194 Å². The molecule has 164 valence electrons. The van der Waals surface area contributed by atoms with Crippen molar-refractivity contribution in [2.45, 2.75) is 36.8 Å². The van der Waals surface area contributed by atoms with E-state index in [1.54, 1.807) is 12.4 Å². The molecule has 6 rings (SSSR count). The molecule has 4 heterocycles. The smallest absolute Gasteiger partial charge is 0.249 e. The van der Waals surface area contributed by atoms with Crippen LogP contribution < -0.4 is 0 Å². The van der Waals surface area contributed by atoms with Crippen molar-refractivity contribution in [3.05, 3.63) is 64.3 Å². The molecule has 1 N–H and O–H groups in total. The Morgan fingerprint density at radius 3 is 2.97 bits per heavy atom. The van der Waals surface area contributed by atoms with Gasteiger partial charge in [-0.05, 0) is 66.0 Å². The molecule has 0 unspecified atom stereocenters. The van der Waals surface area contributed by atoms with Crippen molar-refractivity contribution in [2.75, 3.05) is 20.7 Å². The molecule has 0 amide bonds. The number of likely N-dealkylation sites (tertiary alicyclic amines) is 1. The summed E-state index contributed by atoms with van der Waals surface area (Å²) in [5, 5.41) is 10.1. The molecule has 1 saturated heterocycles. The van der Waals surface area contributed by atoms with Crippen LogP contribution in [0.5, 0.6) is 0 Å². The van der Waals surface area contributed by atoms with E-state index in [0.29, 0.717) is 11.8 Å². The van der Waals surface area contributed by atoms with E-state index < -0.39 is 5.60 Å². The molecule has 2 aliphatic rings. The van der Waals surface area contributed by atoms with Crippen molar-refractivity contribution in [3.63, 3.8) is 0 Å². The van der Waals surface area contributed by atoms with Crippen molar-refractivity contribution in [3.8, 4) is 11.5 Å². The Balaban J connectivity index is 1.46. The number of aromatic nitrogens is 4. The van der Waals surface area contributed by atoms with Gasteiger partial charge in [0.05, 0.1) is 11.0 Å². The number of aromatic amines is 1. The third kappa shape index (κ3) is 2.76. The maximum atomic E-state index is 6.43. The highest BCUT2D eigenvalue weighted by Crippen LogP contribution is 2.53. The number of piperidine rings is 1. The molecule has 32 heavy (non-hydrogen) atoms. The normalized spacial score (nSPS) is 27.6. The molecule has 0 bridgehead atoms. The van der Waals surface area contributed by atoms with Gasteiger partial charge >= 0.3 is 0 Å². The van der Waals surface area contributed by atoms with Crippen molar-refractivity contribution in [2.24, 2.45) is 0 Å². The van der Waals surface area contributed by atoms with Gasteiger partial charge in [-0.3, -0.25) is 9.88 Å². The van der Waals surface area contributed by atoms with Crippen molar-refractivity contribution >= 4 is 26.8 Å². The van der Waals surface area contributed by atoms with Crippen LogP contribution in [-0.2, 0) is 22.2 Å². The molecule has 0 spiro atoms. The fourth-order valence-corrected chi connectivity index (χ4v) is 6.28. The number of rotatable bonds is 3. The van der Waals surface area contributed by atoms with Gasteiger partial charge in [-0.15, -0.1) is 10.2 Å². The van der Waals surface area contributed by atoms with Crippen LogP contribution in [0.25, 0.3) is 22.4 Å². The standard InChI is InChI=1S/C24H24BrN5O2/c1-23(22-29-28-21(32-22)15-7-16(25)11-26-9-15)12-24(31-3)17-5-4-6-18-20(17)14(10-27-18)8-19(24)30(2)13-23/h4-7,9-11,19,27H,8,12-13H2,1-3H3/t19-,23-,24+/m1/s1. The summed E-state index contributed by atoms with van der Waals surface area (Å²) in [6.07, 6.45) is 7.31. The fraction of sp³-hybridized carbons (Fsp3) is 0.375. The number of pyridine rings is 1. The Kier molecular flexibility index (Phi) is 4.38. The maximum absolute atomic E-state index is 6.43. The highest BCUT2D eigenvalue weighted by Gasteiger charge is 2.57. The first-order valence-electron chi connectivity index (χ1n) is 10.7. The van der Waals surface area contributed by atoms with Gasteiger partial charge in [-0.2, -0.15) is 0 Å². The highest BCUT2D eigenvalue weighted by molar-refractivity contribution is 9.10. The lowest BCUT2D eigenvalue weighted by atomic mass is 9.64. The number of hydrogen-bond donors (Lipinski definition) is 1. The summed E-state index contributed by atoms with van der Waals surface area (Å²) in [5.74, 6) is 1.10. The third-order valence-corrected chi connectivity index (χ3v) is 7.67. The predicted molar refractivity (Wildman–Crippen MR) is 124 cm³/mol. The minimum absolute atomic E-state index is 0.228. The van der Waals surface area contributed by atoms with E-state index in [1.807, 2.05) is 13.2 Å². The molecule has 7 nitrogen and oxygen atoms in total. The molecule has 1 aliphatic carbocycles. The maximum Gasteiger partial charge on any atom is 0.249 e. The highest BCUT2D eigenvalue weighted by atomic mass is 79.9. The lowest BCUT2D eigenvalue weighted by molar-refractivity contribution is -0.133. The quantitative estimate of drug-likeness (QED) is 0.454. The van der Waals surface area contributed by atoms with E-state index in [9.17, 15) is 0 Å². The number of likely N-dealkylation sites (N-methyl/N-ethyl adjacent to an activating group) is 1. The largest absolute Gasteiger partial charge is 0.420 e. The van der Waals surface area contributed by atoms with Crippen LogP contribution in [-0.4, -0.2) is 51.8 Å². The number of methoxy groups -OCH3 is 1. The summed E-state index contributed by atoms with van der Waals surface area (Å²) in [6.45, 7) is 3.00. The molecule has 3 atom stereocenters. The zero-order valence-electron chi connectivity index (χ0n) is 18.2. The second-order valence-electron chi connectivity index (χ2n) is 9.31. The zero-order valence-corrected chi connectivity index (χ0v) is 19.8. The van der Waals surface area contributed by atoms with Gasteiger partial charge in [0, 0.05) is 53.7 Å². The summed E-state index contributed by atoms with van der Waals surface area (Å²) in [4.78, 5) is 10.1. The molecular formula is C24H24BrN5O2. The molecule has 8 heteroatoms. The molecule has 1 aromatic carbocycles. The van der Waals surface area contributed by atoms with Crippen molar-refractivity contribution in [1.82, 2.24) is 25.1 Å². The summed E-state index contributed by atoms with van der Waals surface area (Å²) in [6, 6.07) is 8.61. The first-order chi connectivity index (χ1) is 15.4. The number of nitrogens with one attached hydrogen (secondary N) is 1. The lowest BCUT2D eigenvalue weighted by Crippen LogP contribution is -2.63. The first-order valence-corrected chi connectivity index (χ1v) is 11.5. The minimum atomic E-state index is -0.470. The van der Waals surface area contributed by atoms with Crippen molar-refractivity contribution < 1.29 is 9.15 Å². The Morgan fingerprint density at radius 1 is 1.28 bits per heavy atom. The summed E-state index contributed by atoms with van der Waals surface area (Å²) in [7, 11) is 4.00. The average Bonchev–Trinajstić information content (AvgIpc) is 3.44. The van der Waals surface area contributed by atoms with Gasteiger partial charge in [0.2, 0.25) is 11.8 Å². The summed E-state index contributed by atoms with van der Waals surface area (Å²) in [5.41, 5.74) is 3.70. The third-order valence-electron chi connectivity index (χ3n) is 7.24. The minimum Gasteiger partial charge on any atom is -0.420 e. The van der Waals surface area contributed by atoms with Gasteiger partial charge < -0.3 is 14.1 Å². The van der Waals surface area contributed by atoms with Crippen molar-refractivity contribution in [1.29, 1.82) is 0 Å². The van der Waals surface area contributed by atoms with Gasteiger partial charge in [0.25, 0.3) is 0 Å². The first kappa shape index (κ1) is 20.1. The van der Waals surface area contributed by atoms with Gasteiger partial charge in [-0.25, -0.2) is 0 Å². The Hall–Kier alpha value is -2.55. The van der Waals surface area contributed by atoms with Gasteiger partial charge in [0.15, 0.2) is 0 Å². The van der Waals surface area contributed by atoms with Crippen LogP contribution in [0.3, 0.4) is 0 Å². The van der Waals surface area contributed by atoms with E-state index >= 15 is 0 Å². The van der Waals surface area contributed by atoms with E-state index in [-0.39, 0.29) is 11.5 Å². The molecule has 1 fully saturated rings. The molecule has 0 saturated carbocycles. The Morgan fingerprint density at radius 2 is 2.16 bits per heavy atom. The predicted octanol–water partition coefficient (Wildman–Crippen LogP) is 4.44. The Bertz CT molecular complexity index is 1330. The number of hydrogen-bond acceptors (Lipinski definition) is 6. The number of H-pyrrole nitrogens is 1. The molecule has 4 aromatic rings. The van der Waals surface area contributed by atoms with Crippen LogP contribution in [0.15, 0.2) is 51.7 Å². The lowest BCUT2D eigenvalue weighted by Gasteiger charge is -2.55. The zero-order chi connectivity index (χ0) is 22.1. The second kappa shape index (κ2) is 6.97.